The SMILES string of the molecule is CCOC(C)(C)CCNC(=O)CN1CCN(c2cc(Nc3ncc(C(=O)Nc4c(C)cccc4Cl)s3)nc(C)n2)CC1. The highest BCUT2D eigenvalue weighted by atomic mass is 35.5. The second-order valence-electron chi connectivity index (χ2n) is 10.8. The van der Waals surface area contributed by atoms with Crippen molar-refractivity contribution in [3.8, 4) is 0 Å². The van der Waals surface area contributed by atoms with E-state index < -0.39 is 0 Å². The number of rotatable bonds is 12. The van der Waals surface area contributed by atoms with E-state index in [1.807, 2.05) is 52.8 Å². The van der Waals surface area contributed by atoms with E-state index in [4.69, 9.17) is 16.3 Å². The van der Waals surface area contributed by atoms with E-state index in [-0.39, 0.29) is 17.4 Å². The first-order chi connectivity index (χ1) is 20.0. The molecular formula is C29H39ClN8O3S. The monoisotopic (exact) mass is 614 g/mol. The fourth-order valence-corrected chi connectivity index (χ4v) is 5.64. The van der Waals surface area contributed by atoms with Gasteiger partial charge in [-0.25, -0.2) is 15.0 Å². The molecule has 1 fully saturated rings. The molecule has 2 aromatic heterocycles. The molecule has 13 heteroatoms. The number of hydrogen-bond acceptors (Lipinski definition) is 10. The van der Waals surface area contributed by atoms with Crippen LogP contribution in [0, 0.1) is 13.8 Å². The number of hydrogen-bond donors (Lipinski definition) is 3. The molecule has 226 valence electrons. The number of amides is 2. The molecule has 3 aromatic rings. The van der Waals surface area contributed by atoms with E-state index in [2.05, 4.69) is 40.7 Å². The van der Waals surface area contributed by atoms with E-state index >= 15 is 0 Å². The van der Waals surface area contributed by atoms with Gasteiger partial charge in [0.25, 0.3) is 5.91 Å². The Morgan fingerprint density at radius 2 is 1.90 bits per heavy atom. The topological polar surface area (TPSA) is 125 Å². The molecule has 0 atom stereocenters. The van der Waals surface area contributed by atoms with Crippen molar-refractivity contribution in [2.24, 2.45) is 0 Å². The number of carbonyl (C=O) groups is 2. The van der Waals surface area contributed by atoms with Gasteiger partial charge in [0, 0.05) is 45.4 Å². The summed E-state index contributed by atoms with van der Waals surface area (Å²) >= 11 is 7.48. The Morgan fingerprint density at radius 3 is 2.62 bits per heavy atom. The van der Waals surface area contributed by atoms with Gasteiger partial charge in [0.2, 0.25) is 5.91 Å². The molecule has 11 nitrogen and oxygen atoms in total. The lowest BCUT2D eigenvalue weighted by atomic mass is 10.1. The Balaban J connectivity index is 1.29. The lowest BCUT2D eigenvalue weighted by molar-refractivity contribution is -0.122. The molecule has 1 aromatic carbocycles. The summed E-state index contributed by atoms with van der Waals surface area (Å²) in [7, 11) is 0. The van der Waals surface area contributed by atoms with Gasteiger partial charge in [-0.1, -0.05) is 35.1 Å². The first kappa shape index (κ1) is 31.6. The van der Waals surface area contributed by atoms with Crippen LogP contribution in [0.5, 0.6) is 0 Å². The van der Waals surface area contributed by atoms with Crippen molar-refractivity contribution >= 4 is 57.2 Å². The average Bonchev–Trinajstić information content (AvgIpc) is 3.39. The Bertz CT molecular complexity index is 1370. The van der Waals surface area contributed by atoms with Gasteiger partial charge >= 0.3 is 0 Å². The second kappa shape index (κ2) is 14.2. The van der Waals surface area contributed by atoms with Crippen LogP contribution in [0.3, 0.4) is 0 Å². The van der Waals surface area contributed by atoms with E-state index in [0.29, 0.717) is 52.1 Å². The maximum atomic E-state index is 12.8. The number of halogens is 1. The van der Waals surface area contributed by atoms with Gasteiger partial charge in [-0.05, 0) is 52.7 Å². The van der Waals surface area contributed by atoms with Crippen LogP contribution in [0.25, 0.3) is 0 Å². The van der Waals surface area contributed by atoms with Crippen molar-refractivity contribution in [1.29, 1.82) is 0 Å². The Hall–Kier alpha value is -3.32. The van der Waals surface area contributed by atoms with Crippen molar-refractivity contribution in [3.05, 3.63) is 51.7 Å². The van der Waals surface area contributed by atoms with Crippen LogP contribution >= 0.6 is 22.9 Å². The van der Waals surface area contributed by atoms with Gasteiger partial charge in [-0.15, -0.1) is 0 Å². The normalized spacial score (nSPS) is 14.1. The van der Waals surface area contributed by atoms with Crippen LogP contribution in [0.4, 0.5) is 22.5 Å². The fourth-order valence-electron chi connectivity index (χ4n) is 4.65. The largest absolute Gasteiger partial charge is 0.376 e. The van der Waals surface area contributed by atoms with Crippen LogP contribution in [0.1, 0.15) is 48.3 Å². The number of anilines is 4. The number of piperazine rings is 1. The highest BCUT2D eigenvalue weighted by Gasteiger charge is 2.22. The summed E-state index contributed by atoms with van der Waals surface area (Å²) in [4.78, 5) is 43.6. The molecule has 1 saturated heterocycles. The van der Waals surface area contributed by atoms with E-state index in [1.165, 1.54) is 17.5 Å². The molecule has 0 spiro atoms. The number of nitrogens with one attached hydrogen (secondary N) is 3. The summed E-state index contributed by atoms with van der Waals surface area (Å²) in [6.07, 6.45) is 2.29. The lowest BCUT2D eigenvalue weighted by Crippen LogP contribution is -2.50. The van der Waals surface area contributed by atoms with Gasteiger partial charge in [-0.3, -0.25) is 14.5 Å². The fraction of sp³-hybridized carbons (Fsp3) is 0.483. The van der Waals surface area contributed by atoms with Crippen molar-refractivity contribution in [2.75, 3.05) is 61.4 Å². The zero-order valence-electron chi connectivity index (χ0n) is 24.8. The quantitative estimate of drug-likeness (QED) is 0.267. The lowest BCUT2D eigenvalue weighted by Gasteiger charge is -2.35. The summed E-state index contributed by atoms with van der Waals surface area (Å²) in [6, 6.07) is 7.35. The average molecular weight is 615 g/mol. The number of para-hydroxylation sites is 1. The smallest absolute Gasteiger partial charge is 0.267 e. The maximum absolute atomic E-state index is 12.8. The summed E-state index contributed by atoms with van der Waals surface area (Å²) in [6.45, 7) is 14.4. The predicted molar refractivity (Wildman–Crippen MR) is 168 cm³/mol. The summed E-state index contributed by atoms with van der Waals surface area (Å²) < 4.78 is 5.70. The van der Waals surface area contributed by atoms with Crippen LogP contribution < -0.4 is 20.9 Å². The van der Waals surface area contributed by atoms with Gasteiger partial charge in [-0.2, -0.15) is 0 Å². The van der Waals surface area contributed by atoms with Gasteiger partial charge in [0.1, 0.15) is 22.3 Å². The molecule has 1 aliphatic rings. The standard InChI is InChI=1S/C29H39ClN8O3S/c1-6-41-29(4,5)10-11-31-25(39)18-37-12-14-38(15-13-37)24-16-23(33-20(3)34-24)35-28-32-17-22(42-28)27(40)36-26-19(2)8-7-9-21(26)30/h7-9,16-17H,6,10-15,18H2,1-5H3,(H,31,39)(H,36,40)(H,32,33,34,35). The number of benzene rings is 1. The van der Waals surface area contributed by atoms with Gasteiger partial charge in [0.15, 0.2) is 5.13 Å². The predicted octanol–water partition coefficient (Wildman–Crippen LogP) is 4.64. The summed E-state index contributed by atoms with van der Waals surface area (Å²) in [5.74, 6) is 1.76. The highest BCUT2D eigenvalue weighted by Crippen LogP contribution is 2.28. The molecule has 1 aliphatic heterocycles. The molecular weight excluding hydrogens is 576 g/mol. The second-order valence-corrected chi connectivity index (χ2v) is 12.2. The third-order valence-electron chi connectivity index (χ3n) is 6.90. The van der Waals surface area contributed by atoms with Crippen molar-refractivity contribution in [2.45, 2.75) is 46.6 Å². The molecule has 3 heterocycles. The molecule has 0 radical (unpaired) electrons. The van der Waals surface area contributed by atoms with Crippen LogP contribution in [-0.2, 0) is 9.53 Å². The van der Waals surface area contributed by atoms with Crippen molar-refractivity contribution in [1.82, 2.24) is 25.2 Å². The minimum atomic E-state index is -0.280. The molecule has 0 unspecified atom stereocenters. The first-order valence-corrected chi connectivity index (χ1v) is 15.3. The Kier molecular flexibility index (Phi) is 10.7. The molecule has 2 amide bonds. The summed E-state index contributed by atoms with van der Waals surface area (Å²) in [5, 5.41) is 10.1. The zero-order chi connectivity index (χ0) is 30.3. The van der Waals surface area contributed by atoms with Gasteiger partial charge < -0.3 is 25.6 Å². The van der Waals surface area contributed by atoms with E-state index in [0.717, 1.165) is 44.0 Å². The number of ether oxygens (including phenoxy) is 1. The van der Waals surface area contributed by atoms with Crippen LogP contribution in [0.2, 0.25) is 5.02 Å². The third kappa shape index (κ3) is 8.84. The number of thiazole rings is 1. The highest BCUT2D eigenvalue weighted by molar-refractivity contribution is 7.17. The molecule has 4 rings (SSSR count). The molecule has 0 saturated carbocycles. The number of carbonyl (C=O) groups excluding carboxylic acids is 2. The summed E-state index contributed by atoms with van der Waals surface area (Å²) in [5.41, 5.74) is 1.22. The van der Waals surface area contributed by atoms with Crippen molar-refractivity contribution in [3.63, 3.8) is 0 Å². The molecule has 3 N–H and O–H groups in total. The van der Waals surface area contributed by atoms with Crippen LogP contribution in [-0.4, -0.2) is 83.1 Å². The van der Waals surface area contributed by atoms with E-state index in [9.17, 15) is 9.59 Å². The molecule has 0 bridgehead atoms. The van der Waals surface area contributed by atoms with Crippen LogP contribution in [0.15, 0.2) is 30.5 Å². The maximum Gasteiger partial charge on any atom is 0.267 e. The van der Waals surface area contributed by atoms with Gasteiger partial charge in [0.05, 0.1) is 29.1 Å². The minimum absolute atomic E-state index is 0.0265. The minimum Gasteiger partial charge on any atom is -0.376 e. The molecule has 42 heavy (non-hydrogen) atoms. The third-order valence-corrected chi connectivity index (χ3v) is 8.12. The van der Waals surface area contributed by atoms with E-state index in [1.54, 1.807) is 6.07 Å². The number of aryl methyl sites for hydroxylation is 2. The number of aromatic nitrogens is 3. The molecule has 0 aliphatic carbocycles. The zero-order valence-corrected chi connectivity index (χ0v) is 26.4. The Labute approximate surface area is 256 Å². The van der Waals surface area contributed by atoms with Crippen molar-refractivity contribution < 1.29 is 14.3 Å². The first-order valence-electron chi connectivity index (χ1n) is 14.1. The number of nitrogens with zero attached hydrogens (tertiary/aromatic N) is 5. The Morgan fingerprint density at radius 1 is 1.14 bits per heavy atom.